The summed E-state index contributed by atoms with van der Waals surface area (Å²) < 4.78 is 68.6. The fourth-order valence-corrected chi connectivity index (χ4v) is 12.0. The molecule has 0 amide bonds. The van der Waals surface area contributed by atoms with Crippen molar-refractivity contribution >= 4 is 39.5 Å². The molecule has 5 unspecified atom stereocenters. The molecule has 0 rings (SSSR count). The predicted molar refractivity (Wildman–Crippen MR) is 445 cm³/mol. The Bertz CT molecular complexity index is 2710. The average molecular weight is 1550 g/mol. The van der Waals surface area contributed by atoms with Crippen LogP contribution in [-0.4, -0.2) is 96.7 Å². The van der Waals surface area contributed by atoms with Gasteiger partial charge in [-0.15, -0.1) is 0 Å². The third kappa shape index (κ3) is 78.5. The standard InChI is InChI=1S/C89H146O17P2/c1-5-9-13-17-21-25-29-33-37-39-41-43-47-49-53-57-61-65-69-73-86(91)99-79-84(105-88(93)75-71-67-63-59-55-51-45-35-31-27-23-19-15-11-7-3)81-103-107(95,96)101-77-83(90)78-102-108(97,98)104-82-85(106-89(94)76-72-68-64-60-56-52-46-36-32-28-24-20-16-12-8-4)80-100-87(92)74-70-66-62-58-54-50-48-44-42-40-38-34-30-26-22-18-14-10-6-2/h9-10,13-14,21-28,33-38,41-46,49,53,61,65,83-85,90H,5-8,11-12,15-20,29-32,39-40,47-48,50-52,54-60,62-64,66-82H2,1-4H3,(H,95,96)(H,97,98)/b13-9-,14-10-,25-21-,26-22-,27-23-,28-24-,37-33-,38-34-,43-41-,44-42-,45-35-,46-36-,53-49-,65-61-. The first-order chi connectivity index (χ1) is 52.7. The molecule has 0 heterocycles. The minimum atomic E-state index is -5.01. The van der Waals surface area contributed by atoms with Gasteiger partial charge in [0.1, 0.15) is 19.3 Å². The Labute approximate surface area is 654 Å². The quantitative estimate of drug-likeness (QED) is 0.0169. The zero-order valence-corrected chi connectivity index (χ0v) is 69.0. The second kappa shape index (κ2) is 79.5. The molecule has 0 aromatic heterocycles. The molecule has 0 saturated carbocycles. The van der Waals surface area contributed by atoms with Crippen molar-refractivity contribution in [1.82, 2.24) is 0 Å². The smallest absolute Gasteiger partial charge is 0.462 e. The molecule has 108 heavy (non-hydrogen) atoms. The van der Waals surface area contributed by atoms with Gasteiger partial charge in [-0.25, -0.2) is 9.13 Å². The normalized spacial score (nSPS) is 14.7. The molecule has 0 saturated heterocycles. The van der Waals surface area contributed by atoms with E-state index in [1.807, 2.05) is 18.2 Å². The van der Waals surface area contributed by atoms with E-state index in [4.69, 9.17) is 37.0 Å². The van der Waals surface area contributed by atoms with Crippen LogP contribution in [0.3, 0.4) is 0 Å². The second-order valence-electron chi connectivity index (χ2n) is 26.9. The number of phosphoric ester groups is 2. The van der Waals surface area contributed by atoms with Crippen LogP contribution in [0.5, 0.6) is 0 Å². The fraction of sp³-hybridized carbons (Fsp3) is 0.640. The molecule has 3 N–H and O–H groups in total. The van der Waals surface area contributed by atoms with Gasteiger partial charge in [0.25, 0.3) is 0 Å². The number of carbonyl (C=O) groups is 4. The van der Waals surface area contributed by atoms with Crippen LogP contribution in [-0.2, 0) is 65.4 Å². The van der Waals surface area contributed by atoms with Gasteiger partial charge in [-0.05, 0) is 167 Å². The molecule has 614 valence electrons. The lowest BCUT2D eigenvalue weighted by Gasteiger charge is -2.21. The Hall–Kier alpha value is -5.58. The molecule has 0 aliphatic heterocycles. The molecule has 5 atom stereocenters. The van der Waals surface area contributed by atoms with E-state index in [-0.39, 0.29) is 25.7 Å². The van der Waals surface area contributed by atoms with E-state index < -0.39 is 97.5 Å². The number of aliphatic hydroxyl groups is 1. The average Bonchev–Trinajstić information content (AvgIpc) is 0.923. The highest BCUT2D eigenvalue weighted by atomic mass is 31.2. The molecule has 0 bridgehead atoms. The molecule has 0 spiro atoms. The van der Waals surface area contributed by atoms with Crippen LogP contribution in [0.25, 0.3) is 0 Å². The first-order valence-electron chi connectivity index (χ1n) is 41.4. The third-order valence-corrected chi connectivity index (χ3v) is 18.6. The van der Waals surface area contributed by atoms with Crippen molar-refractivity contribution in [2.45, 2.75) is 329 Å². The summed E-state index contributed by atoms with van der Waals surface area (Å²) in [5.74, 6) is -2.33. The summed E-state index contributed by atoms with van der Waals surface area (Å²) in [6, 6.07) is 0. The van der Waals surface area contributed by atoms with Gasteiger partial charge in [0.05, 0.1) is 26.4 Å². The minimum Gasteiger partial charge on any atom is -0.462 e. The molecular weight excluding hydrogens is 1400 g/mol. The monoisotopic (exact) mass is 1550 g/mol. The maximum atomic E-state index is 13.1. The number of aliphatic hydroxyl groups excluding tert-OH is 1. The number of phosphoric acid groups is 2. The van der Waals surface area contributed by atoms with Gasteiger partial charge >= 0.3 is 39.5 Å². The summed E-state index contributed by atoms with van der Waals surface area (Å²) in [5, 5.41) is 10.7. The highest BCUT2D eigenvalue weighted by molar-refractivity contribution is 7.47. The van der Waals surface area contributed by atoms with Crippen LogP contribution in [0, 0.1) is 0 Å². The van der Waals surface area contributed by atoms with Crippen LogP contribution in [0.4, 0.5) is 0 Å². The second-order valence-corrected chi connectivity index (χ2v) is 29.8. The van der Waals surface area contributed by atoms with Crippen molar-refractivity contribution in [3.8, 4) is 0 Å². The molecule has 17 nitrogen and oxygen atoms in total. The topological polar surface area (TPSA) is 237 Å². The predicted octanol–water partition coefficient (Wildman–Crippen LogP) is 24.6. The largest absolute Gasteiger partial charge is 0.472 e. The molecule has 19 heteroatoms. The molecule has 0 radical (unpaired) electrons. The van der Waals surface area contributed by atoms with Crippen LogP contribution in [0.15, 0.2) is 170 Å². The highest BCUT2D eigenvalue weighted by Crippen LogP contribution is 2.45. The molecule has 0 aromatic rings. The van der Waals surface area contributed by atoms with Crippen LogP contribution < -0.4 is 0 Å². The fourth-order valence-electron chi connectivity index (χ4n) is 10.4. The van der Waals surface area contributed by atoms with E-state index in [0.29, 0.717) is 32.1 Å². The van der Waals surface area contributed by atoms with E-state index in [2.05, 4.69) is 180 Å². The van der Waals surface area contributed by atoms with E-state index in [1.165, 1.54) is 38.5 Å². The maximum absolute atomic E-state index is 13.1. The number of hydrogen-bond acceptors (Lipinski definition) is 15. The number of hydrogen-bond donors (Lipinski definition) is 3. The number of rotatable bonds is 76. The van der Waals surface area contributed by atoms with Gasteiger partial charge in [0.2, 0.25) is 0 Å². The maximum Gasteiger partial charge on any atom is 0.472 e. The summed E-state index contributed by atoms with van der Waals surface area (Å²) in [7, 11) is -10.0. The van der Waals surface area contributed by atoms with Crippen molar-refractivity contribution in [2.24, 2.45) is 0 Å². The Morgan fingerprint density at radius 2 is 0.500 bits per heavy atom. The SMILES string of the molecule is CC/C=C\C/C=C\C/C=C\C/C=C\C/C=C\C/C=C\CCC(=O)OCC(COP(=O)(O)OCC(O)COP(=O)(O)OCC(COC(=O)CCCCCCCC/C=C\C/C=C\C/C=C\C/C=C\CC)OC(=O)CCCCCCC/C=C\C/C=C\CCCCC)OC(=O)CCCCCCC/C=C\C/C=C\CCCCC. The van der Waals surface area contributed by atoms with Crippen molar-refractivity contribution < 1.29 is 80.2 Å². The molecular formula is C89H146O17P2. The molecule has 0 aliphatic carbocycles. The summed E-state index contributed by atoms with van der Waals surface area (Å²) in [4.78, 5) is 73.1. The minimum absolute atomic E-state index is 0.0276. The van der Waals surface area contributed by atoms with Gasteiger partial charge in [0.15, 0.2) is 12.2 Å². The number of ether oxygens (including phenoxy) is 4. The van der Waals surface area contributed by atoms with Crippen LogP contribution in [0.1, 0.15) is 310 Å². The van der Waals surface area contributed by atoms with Crippen molar-refractivity contribution in [3.63, 3.8) is 0 Å². The van der Waals surface area contributed by atoms with E-state index >= 15 is 0 Å². The number of unbranched alkanes of at least 4 members (excludes halogenated alkanes) is 22. The third-order valence-electron chi connectivity index (χ3n) is 16.7. The Balaban J connectivity index is 5.47. The molecule has 0 aliphatic rings. The summed E-state index contributed by atoms with van der Waals surface area (Å²) >= 11 is 0. The van der Waals surface area contributed by atoms with E-state index in [0.717, 1.165) is 186 Å². The van der Waals surface area contributed by atoms with Gasteiger partial charge < -0.3 is 33.8 Å². The Morgan fingerprint density at radius 1 is 0.269 bits per heavy atom. The number of esters is 4. The zero-order chi connectivity index (χ0) is 78.9. The van der Waals surface area contributed by atoms with E-state index in [9.17, 15) is 43.2 Å². The van der Waals surface area contributed by atoms with Crippen molar-refractivity contribution in [3.05, 3.63) is 170 Å². The van der Waals surface area contributed by atoms with Crippen molar-refractivity contribution in [1.29, 1.82) is 0 Å². The molecule has 0 fully saturated rings. The van der Waals surface area contributed by atoms with Crippen LogP contribution in [0.2, 0.25) is 0 Å². The van der Waals surface area contributed by atoms with Gasteiger partial charge in [-0.3, -0.25) is 37.3 Å². The van der Waals surface area contributed by atoms with E-state index in [1.54, 1.807) is 0 Å². The zero-order valence-electron chi connectivity index (χ0n) is 67.2. The summed E-state index contributed by atoms with van der Waals surface area (Å²) in [6.07, 6.45) is 94.7. The Kier molecular flexibility index (Phi) is 75.4. The highest BCUT2D eigenvalue weighted by Gasteiger charge is 2.30. The number of allylic oxidation sites excluding steroid dienone is 28. The number of carbonyl (C=O) groups excluding carboxylic acids is 4. The lowest BCUT2D eigenvalue weighted by Crippen LogP contribution is -2.30. The van der Waals surface area contributed by atoms with Gasteiger partial charge in [-0.1, -0.05) is 288 Å². The van der Waals surface area contributed by atoms with Gasteiger partial charge in [0, 0.05) is 25.7 Å². The Morgan fingerprint density at radius 3 is 0.796 bits per heavy atom. The first kappa shape index (κ1) is 102. The summed E-state index contributed by atoms with van der Waals surface area (Å²) in [5.41, 5.74) is 0. The van der Waals surface area contributed by atoms with Gasteiger partial charge in [-0.2, -0.15) is 0 Å². The lowest BCUT2D eigenvalue weighted by atomic mass is 10.1. The lowest BCUT2D eigenvalue weighted by molar-refractivity contribution is -0.161. The van der Waals surface area contributed by atoms with Crippen molar-refractivity contribution in [2.75, 3.05) is 39.6 Å². The first-order valence-corrected chi connectivity index (χ1v) is 44.4. The summed E-state index contributed by atoms with van der Waals surface area (Å²) in [6.45, 7) is 4.46. The van der Waals surface area contributed by atoms with Crippen LogP contribution >= 0.6 is 15.6 Å². The molecule has 0 aromatic carbocycles.